The minimum atomic E-state index is 0.227. The Morgan fingerprint density at radius 3 is 2.74 bits per heavy atom. The number of nitrogens with one attached hydrogen (secondary N) is 2. The average molecular weight is 250 g/mol. The van der Waals surface area contributed by atoms with Gasteiger partial charge in [-0.2, -0.15) is 0 Å². The Balaban J connectivity index is 1.87. The normalized spacial score (nSPS) is 21.7. The van der Waals surface area contributed by atoms with Gasteiger partial charge in [-0.3, -0.25) is 0 Å². The van der Waals surface area contributed by atoms with E-state index >= 15 is 0 Å². The Morgan fingerprint density at radius 1 is 1.16 bits per heavy atom. The zero-order valence-electron chi connectivity index (χ0n) is 11.1. The van der Waals surface area contributed by atoms with Crippen molar-refractivity contribution in [2.45, 2.75) is 13.0 Å². The first-order valence-electron chi connectivity index (χ1n) is 6.65. The maximum atomic E-state index is 3.59. The van der Waals surface area contributed by atoms with E-state index in [2.05, 4.69) is 72.2 Å². The fraction of sp³-hybridized carbons (Fsp3) is 0.176. The third kappa shape index (κ3) is 2.63. The molecular formula is C17H18N2. The van der Waals surface area contributed by atoms with E-state index in [0.29, 0.717) is 0 Å². The molecule has 0 saturated carbocycles. The van der Waals surface area contributed by atoms with Gasteiger partial charge < -0.3 is 10.6 Å². The van der Waals surface area contributed by atoms with Gasteiger partial charge in [-0.1, -0.05) is 54.1 Å². The van der Waals surface area contributed by atoms with E-state index in [1.165, 1.54) is 22.5 Å². The molecule has 1 aromatic carbocycles. The maximum absolute atomic E-state index is 3.59. The van der Waals surface area contributed by atoms with Crippen LogP contribution in [0.5, 0.6) is 0 Å². The quantitative estimate of drug-likeness (QED) is 0.843. The molecule has 3 rings (SSSR count). The summed E-state index contributed by atoms with van der Waals surface area (Å²) in [6, 6.07) is 10.7. The van der Waals surface area contributed by atoms with E-state index in [4.69, 9.17) is 0 Å². The fourth-order valence-electron chi connectivity index (χ4n) is 2.43. The molecule has 0 spiro atoms. The molecule has 2 heteroatoms. The standard InChI is InChI=1S/C17H18N2/c1-13-11-16(14-7-3-2-4-8-14)19-17(12-13)15-9-5-6-10-18-15/h2-9,11-12,17-19H,10H2,1H3. The molecule has 2 heterocycles. The van der Waals surface area contributed by atoms with E-state index < -0.39 is 0 Å². The molecular weight excluding hydrogens is 232 g/mol. The van der Waals surface area contributed by atoms with Crippen LogP contribution in [0.4, 0.5) is 0 Å². The van der Waals surface area contributed by atoms with Crippen molar-refractivity contribution in [1.29, 1.82) is 0 Å². The van der Waals surface area contributed by atoms with Crippen molar-refractivity contribution in [2.24, 2.45) is 0 Å². The summed E-state index contributed by atoms with van der Waals surface area (Å²) < 4.78 is 0. The Bertz CT molecular complexity index is 577. The number of hydrogen-bond donors (Lipinski definition) is 2. The topological polar surface area (TPSA) is 24.1 Å². The van der Waals surface area contributed by atoms with Crippen molar-refractivity contribution >= 4 is 5.70 Å². The minimum absolute atomic E-state index is 0.227. The predicted octanol–water partition coefficient (Wildman–Crippen LogP) is 2.99. The van der Waals surface area contributed by atoms with Crippen LogP contribution in [-0.4, -0.2) is 12.6 Å². The molecule has 19 heavy (non-hydrogen) atoms. The number of hydrogen-bond acceptors (Lipinski definition) is 2. The molecule has 0 fully saturated rings. The van der Waals surface area contributed by atoms with Crippen molar-refractivity contribution < 1.29 is 0 Å². The van der Waals surface area contributed by atoms with Gasteiger partial charge in [0.1, 0.15) is 0 Å². The Kier molecular flexibility index (Phi) is 3.23. The average Bonchev–Trinajstić information content (AvgIpc) is 2.48. The van der Waals surface area contributed by atoms with Gasteiger partial charge in [0.15, 0.2) is 0 Å². The Labute approximate surface area is 114 Å². The van der Waals surface area contributed by atoms with E-state index in [0.717, 1.165) is 6.54 Å². The van der Waals surface area contributed by atoms with Crippen molar-refractivity contribution in [2.75, 3.05) is 6.54 Å². The van der Waals surface area contributed by atoms with Crippen LogP contribution in [0.15, 0.2) is 72.0 Å². The van der Waals surface area contributed by atoms with Gasteiger partial charge >= 0.3 is 0 Å². The van der Waals surface area contributed by atoms with Crippen molar-refractivity contribution in [3.8, 4) is 0 Å². The third-order valence-corrected chi connectivity index (χ3v) is 3.37. The Morgan fingerprint density at radius 2 is 2.00 bits per heavy atom. The van der Waals surface area contributed by atoms with Crippen LogP contribution in [0, 0.1) is 0 Å². The first-order chi connectivity index (χ1) is 9.33. The second kappa shape index (κ2) is 5.19. The molecule has 0 bridgehead atoms. The molecule has 2 nitrogen and oxygen atoms in total. The molecule has 2 N–H and O–H groups in total. The molecule has 96 valence electrons. The summed E-state index contributed by atoms with van der Waals surface area (Å²) in [5.74, 6) is 0. The highest BCUT2D eigenvalue weighted by atomic mass is 15.0. The van der Waals surface area contributed by atoms with Gasteiger partial charge in [0.2, 0.25) is 0 Å². The predicted molar refractivity (Wildman–Crippen MR) is 80.3 cm³/mol. The summed E-state index contributed by atoms with van der Waals surface area (Å²) in [7, 11) is 0. The molecule has 1 unspecified atom stereocenters. The van der Waals surface area contributed by atoms with E-state index in [9.17, 15) is 0 Å². The lowest BCUT2D eigenvalue weighted by Crippen LogP contribution is -2.36. The largest absolute Gasteiger partial charge is 0.383 e. The van der Waals surface area contributed by atoms with Gasteiger partial charge in [0.25, 0.3) is 0 Å². The van der Waals surface area contributed by atoms with Crippen LogP contribution in [0.3, 0.4) is 0 Å². The summed E-state index contributed by atoms with van der Waals surface area (Å²) in [5, 5.41) is 7.01. The first-order valence-corrected chi connectivity index (χ1v) is 6.65. The number of rotatable bonds is 2. The highest BCUT2D eigenvalue weighted by Crippen LogP contribution is 2.21. The van der Waals surface area contributed by atoms with Crippen molar-refractivity contribution in [1.82, 2.24) is 10.6 Å². The van der Waals surface area contributed by atoms with Crippen LogP contribution in [0.1, 0.15) is 12.5 Å². The minimum Gasteiger partial charge on any atom is -0.383 e. The number of dihydropyridines is 2. The fourth-order valence-corrected chi connectivity index (χ4v) is 2.43. The maximum Gasteiger partial charge on any atom is 0.0850 e. The summed E-state index contributed by atoms with van der Waals surface area (Å²) in [5.41, 5.74) is 4.93. The number of allylic oxidation sites excluding steroid dienone is 4. The lowest BCUT2D eigenvalue weighted by atomic mass is 10.00. The lowest BCUT2D eigenvalue weighted by molar-refractivity contribution is 0.710. The lowest BCUT2D eigenvalue weighted by Gasteiger charge is -2.27. The third-order valence-electron chi connectivity index (χ3n) is 3.37. The molecule has 0 aromatic heterocycles. The van der Waals surface area contributed by atoms with Gasteiger partial charge in [-0.15, -0.1) is 0 Å². The highest BCUT2D eigenvalue weighted by molar-refractivity contribution is 5.69. The van der Waals surface area contributed by atoms with Crippen LogP contribution < -0.4 is 10.6 Å². The molecule has 0 saturated heterocycles. The van der Waals surface area contributed by atoms with Gasteiger partial charge in [0.05, 0.1) is 6.04 Å². The first kappa shape index (κ1) is 11.8. The SMILES string of the molecule is CC1=CC(C2=CC=CCN2)NC(c2ccccc2)=C1. The molecule has 0 aliphatic carbocycles. The smallest absolute Gasteiger partial charge is 0.0850 e. The molecule has 0 amide bonds. The van der Waals surface area contributed by atoms with Crippen LogP contribution in [-0.2, 0) is 0 Å². The zero-order chi connectivity index (χ0) is 13.1. The number of benzene rings is 1. The monoisotopic (exact) mass is 250 g/mol. The second-order valence-corrected chi connectivity index (χ2v) is 4.89. The van der Waals surface area contributed by atoms with E-state index in [1.54, 1.807) is 0 Å². The molecule has 1 aromatic rings. The Hall–Kier alpha value is -2.22. The zero-order valence-corrected chi connectivity index (χ0v) is 11.1. The summed E-state index contributed by atoms with van der Waals surface area (Å²) in [6.07, 6.45) is 10.8. The molecule has 0 radical (unpaired) electrons. The van der Waals surface area contributed by atoms with Crippen LogP contribution in [0.2, 0.25) is 0 Å². The molecule has 2 aliphatic rings. The van der Waals surface area contributed by atoms with Gasteiger partial charge in [-0.25, -0.2) is 0 Å². The van der Waals surface area contributed by atoms with Crippen molar-refractivity contribution in [3.63, 3.8) is 0 Å². The van der Waals surface area contributed by atoms with Gasteiger partial charge in [0, 0.05) is 17.9 Å². The molecule has 2 aliphatic heterocycles. The van der Waals surface area contributed by atoms with Crippen LogP contribution in [0.25, 0.3) is 5.70 Å². The summed E-state index contributed by atoms with van der Waals surface area (Å²) in [6.45, 7) is 3.05. The van der Waals surface area contributed by atoms with E-state index in [-0.39, 0.29) is 6.04 Å². The second-order valence-electron chi connectivity index (χ2n) is 4.89. The van der Waals surface area contributed by atoms with Crippen molar-refractivity contribution in [3.05, 3.63) is 77.5 Å². The summed E-state index contributed by atoms with van der Waals surface area (Å²) >= 11 is 0. The highest BCUT2D eigenvalue weighted by Gasteiger charge is 2.17. The van der Waals surface area contributed by atoms with Gasteiger partial charge in [-0.05, 0) is 24.6 Å². The molecule has 1 atom stereocenters. The van der Waals surface area contributed by atoms with Crippen LogP contribution >= 0.6 is 0 Å². The summed E-state index contributed by atoms with van der Waals surface area (Å²) in [4.78, 5) is 0. The van der Waals surface area contributed by atoms with E-state index in [1.807, 2.05) is 6.07 Å².